The van der Waals surface area contributed by atoms with Crippen LogP contribution in [0.5, 0.6) is 5.88 Å². The predicted molar refractivity (Wildman–Crippen MR) is 75.1 cm³/mol. The number of aryl methyl sites for hydroxylation is 2. The van der Waals surface area contributed by atoms with Crippen LogP contribution in [0.25, 0.3) is 0 Å². The highest BCUT2D eigenvalue weighted by molar-refractivity contribution is 5.33. The highest BCUT2D eigenvalue weighted by Gasteiger charge is 2.11. The molecule has 0 aliphatic heterocycles. The minimum Gasteiger partial charge on any atom is -0.481 e. The molecule has 0 amide bonds. The molecule has 4 nitrogen and oxygen atoms in total. The number of benzene rings is 1. The van der Waals surface area contributed by atoms with Crippen molar-refractivity contribution >= 4 is 0 Å². The van der Waals surface area contributed by atoms with Crippen molar-refractivity contribution in [2.45, 2.75) is 26.3 Å². The zero-order valence-electron chi connectivity index (χ0n) is 11.6. The van der Waals surface area contributed by atoms with Gasteiger partial charge < -0.3 is 10.5 Å². The second-order valence-electron chi connectivity index (χ2n) is 4.72. The Kier molecular flexibility index (Phi) is 4.12. The Hall–Kier alpha value is -1.94. The normalized spacial score (nSPS) is 12.2. The SMILES string of the molecule is COc1cc(CC(N)c2ccc(C)cc2C)ncn1. The van der Waals surface area contributed by atoms with E-state index in [0.29, 0.717) is 12.3 Å². The minimum atomic E-state index is -0.0693. The largest absolute Gasteiger partial charge is 0.481 e. The summed E-state index contributed by atoms with van der Waals surface area (Å²) in [5.41, 5.74) is 10.8. The number of hydrogen-bond donors (Lipinski definition) is 1. The van der Waals surface area contributed by atoms with Gasteiger partial charge in [0.2, 0.25) is 5.88 Å². The molecule has 0 bridgehead atoms. The average molecular weight is 257 g/mol. The van der Waals surface area contributed by atoms with Gasteiger partial charge in [-0.2, -0.15) is 0 Å². The van der Waals surface area contributed by atoms with Crippen LogP contribution in [0.15, 0.2) is 30.6 Å². The summed E-state index contributed by atoms with van der Waals surface area (Å²) in [7, 11) is 1.59. The van der Waals surface area contributed by atoms with Gasteiger partial charge >= 0.3 is 0 Å². The van der Waals surface area contributed by atoms with Crippen LogP contribution in [-0.2, 0) is 6.42 Å². The molecular formula is C15H19N3O. The van der Waals surface area contributed by atoms with Gasteiger partial charge in [-0.15, -0.1) is 0 Å². The third-order valence-electron chi connectivity index (χ3n) is 3.16. The highest BCUT2D eigenvalue weighted by atomic mass is 16.5. The molecule has 0 spiro atoms. The molecule has 0 saturated carbocycles. The first kappa shape index (κ1) is 13.5. The van der Waals surface area contributed by atoms with Crippen LogP contribution < -0.4 is 10.5 Å². The van der Waals surface area contributed by atoms with Crippen LogP contribution in [0.3, 0.4) is 0 Å². The lowest BCUT2D eigenvalue weighted by atomic mass is 9.97. The number of rotatable bonds is 4. The van der Waals surface area contributed by atoms with Crippen molar-refractivity contribution < 1.29 is 4.74 Å². The summed E-state index contributed by atoms with van der Waals surface area (Å²) in [6, 6.07) is 8.08. The monoisotopic (exact) mass is 257 g/mol. The molecule has 1 aromatic carbocycles. The number of methoxy groups -OCH3 is 1. The maximum Gasteiger partial charge on any atom is 0.216 e. The Bertz CT molecular complexity index is 569. The Balaban J connectivity index is 2.17. The summed E-state index contributed by atoms with van der Waals surface area (Å²) in [5.74, 6) is 0.567. The van der Waals surface area contributed by atoms with Gasteiger partial charge in [0.15, 0.2) is 0 Å². The lowest BCUT2D eigenvalue weighted by Gasteiger charge is -2.15. The van der Waals surface area contributed by atoms with Crippen molar-refractivity contribution in [2.75, 3.05) is 7.11 Å². The topological polar surface area (TPSA) is 61.0 Å². The first-order valence-corrected chi connectivity index (χ1v) is 6.28. The Labute approximate surface area is 113 Å². The molecule has 1 atom stereocenters. The third kappa shape index (κ3) is 3.29. The molecule has 2 rings (SSSR count). The van der Waals surface area contributed by atoms with E-state index in [1.54, 1.807) is 7.11 Å². The summed E-state index contributed by atoms with van der Waals surface area (Å²) in [5, 5.41) is 0. The molecule has 0 fully saturated rings. The van der Waals surface area contributed by atoms with Crippen molar-refractivity contribution in [1.82, 2.24) is 9.97 Å². The smallest absolute Gasteiger partial charge is 0.216 e. The number of nitrogens with zero attached hydrogens (tertiary/aromatic N) is 2. The Morgan fingerprint density at radius 2 is 2.00 bits per heavy atom. The minimum absolute atomic E-state index is 0.0693. The van der Waals surface area contributed by atoms with Gasteiger partial charge in [-0.05, 0) is 25.0 Å². The van der Waals surface area contributed by atoms with E-state index in [2.05, 4.69) is 42.0 Å². The van der Waals surface area contributed by atoms with Gasteiger partial charge in [-0.1, -0.05) is 23.8 Å². The molecule has 100 valence electrons. The first-order chi connectivity index (χ1) is 9.10. The quantitative estimate of drug-likeness (QED) is 0.913. The molecule has 2 N–H and O–H groups in total. The molecule has 1 aromatic heterocycles. The first-order valence-electron chi connectivity index (χ1n) is 6.28. The van der Waals surface area contributed by atoms with E-state index in [9.17, 15) is 0 Å². The molecule has 0 aliphatic carbocycles. The van der Waals surface area contributed by atoms with Gasteiger partial charge in [-0.3, -0.25) is 0 Å². The molecule has 19 heavy (non-hydrogen) atoms. The fourth-order valence-electron chi connectivity index (χ4n) is 2.18. The lowest BCUT2D eigenvalue weighted by Crippen LogP contribution is -2.15. The summed E-state index contributed by atoms with van der Waals surface area (Å²) < 4.78 is 5.09. The van der Waals surface area contributed by atoms with Crippen LogP contribution in [0, 0.1) is 13.8 Å². The van der Waals surface area contributed by atoms with Crippen molar-refractivity contribution in [3.8, 4) is 5.88 Å². The van der Waals surface area contributed by atoms with Gasteiger partial charge in [0.05, 0.1) is 7.11 Å². The van der Waals surface area contributed by atoms with E-state index in [4.69, 9.17) is 10.5 Å². The highest BCUT2D eigenvalue weighted by Crippen LogP contribution is 2.20. The molecule has 1 heterocycles. The van der Waals surface area contributed by atoms with E-state index in [-0.39, 0.29) is 6.04 Å². The van der Waals surface area contributed by atoms with Crippen molar-refractivity contribution in [3.63, 3.8) is 0 Å². The van der Waals surface area contributed by atoms with Crippen molar-refractivity contribution in [3.05, 3.63) is 53.0 Å². The van der Waals surface area contributed by atoms with Crippen LogP contribution in [0.4, 0.5) is 0 Å². The molecular weight excluding hydrogens is 238 g/mol. The third-order valence-corrected chi connectivity index (χ3v) is 3.16. The zero-order valence-corrected chi connectivity index (χ0v) is 11.6. The van der Waals surface area contributed by atoms with Crippen LogP contribution in [0.2, 0.25) is 0 Å². The summed E-state index contributed by atoms with van der Waals surface area (Å²) in [6.45, 7) is 4.17. The second-order valence-corrected chi connectivity index (χ2v) is 4.72. The maximum absolute atomic E-state index is 6.27. The molecule has 4 heteroatoms. The van der Waals surface area contributed by atoms with Gasteiger partial charge in [0, 0.05) is 24.2 Å². The predicted octanol–water partition coefficient (Wildman–Crippen LogP) is 2.34. The van der Waals surface area contributed by atoms with Crippen LogP contribution in [0.1, 0.15) is 28.4 Å². The lowest BCUT2D eigenvalue weighted by molar-refractivity contribution is 0.395. The number of ether oxygens (including phenoxy) is 1. The van der Waals surface area contributed by atoms with Gasteiger partial charge in [0.1, 0.15) is 6.33 Å². The standard InChI is InChI=1S/C15H19N3O/c1-10-4-5-13(11(2)6-10)14(16)7-12-8-15(19-3)18-9-17-12/h4-6,8-9,14H,7,16H2,1-3H3. The van der Waals surface area contributed by atoms with E-state index < -0.39 is 0 Å². The Morgan fingerprint density at radius 3 is 2.68 bits per heavy atom. The molecule has 0 saturated heterocycles. The van der Waals surface area contributed by atoms with E-state index in [1.807, 2.05) is 6.07 Å². The molecule has 1 unspecified atom stereocenters. The number of aromatic nitrogens is 2. The molecule has 2 aromatic rings. The maximum atomic E-state index is 6.27. The Morgan fingerprint density at radius 1 is 1.21 bits per heavy atom. The van der Waals surface area contributed by atoms with Gasteiger partial charge in [-0.25, -0.2) is 9.97 Å². The number of nitrogens with two attached hydrogens (primary N) is 1. The van der Waals surface area contributed by atoms with Crippen LogP contribution in [-0.4, -0.2) is 17.1 Å². The molecule has 0 radical (unpaired) electrons. The second kappa shape index (κ2) is 5.80. The average Bonchev–Trinajstić information content (AvgIpc) is 2.38. The van der Waals surface area contributed by atoms with Crippen LogP contribution >= 0.6 is 0 Å². The number of hydrogen-bond acceptors (Lipinski definition) is 4. The zero-order chi connectivity index (χ0) is 13.8. The molecule has 0 aliphatic rings. The summed E-state index contributed by atoms with van der Waals surface area (Å²) in [4.78, 5) is 8.22. The van der Waals surface area contributed by atoms with E-state index >= 15 is 0 Å². The van der Waals surface area contributed by atoms with Crippen molar-refractivity contribution in [1.29, 1.82) is 0 Å². The fraction of sp³-hybridized carbons (Fsp3) is 0.333. The van der Waals surface area contributed by atoms with Crippen molar-refractivity contribution in [2.24, 2.45) is 5.73 Å². The van der Waals surface area contributed by atoms with Gasteiger partial charge in [0.25, 0.3) is 0 Å². The van der Waals surface area contributed by atoms with E-state index in [0.717, 1.165) is 11.3 Å². The van der Waals surface area contributed by atoms with E-state index in [1.165, 1.54) is 17.5 Å². The fourth-order valence-corrected chi connectivity index (χ4v) is 2.18. The summed E-state index contributed by atoms with van der Waals surface area (Å²) >= 11 is 0. The summed E-state index contributed by atoms with van der Waals surface area (Å²) in [6.07, 6.45) is 2.17.